The lowest BCUT2D eigenvalue weighted by molar-refractivity contribution is -0.274. The number of hydrogen-bond donors (Lipinski definition) is 0. The van der Waals surface area contributed by atoms with Gasteiger partial charge in [0, 0.05) is 11.1 Å². The fourth-order valence-electron chi connectivity index (χ4n) is 2.11. The molecule has 0 radical (unpaired) electrons. The van der Waals surface area contributed by atoms with Gasteiger partial charge in [-0.15, -0.1) is 13.2 Å². The molecular formula is C17H15F3O2. The van der Waals surface area contributed by atoms with Crippen LogP contribution in [0.4, 0.5) is 13.2 Å². The Morgan fingerprint density at radius 2 is 1.68 bits per heavy atom. The van der Waals surface area contributed by atoms with Gasteiger partial charge >= 0.3 is 6.36 Å². The summed E-state index contributed by atoms with van der Waals surface area (Å²) in [5, 5.41) is 0. The molecule has 0 aromatic heterocycles. The number of rotatable bonds is 4. The van der Waals surface area contributed by atoms with Crippen LogP contribution in [0.15, 0.2) is 42.5 Å². The number of carbonyl (C=O) groups is 1. The van der Waals surface area contributed by atoms with Crippen LogP contribution in [0.3, 0.4) is 0 Å². The monoisotopic (exact) mass is 308 g/mol. The molecule has 0 amide bonds. The van der Waals surface area contributed by atoms with Crippen LogP contribution in [-0.4, -0.2) is 12.6 Å². The van der Waals surface area contributed by atoms with Crippen molar-refractivity contribution < 1.29 is 22.7 Å². The van der Waals surface area contributed by atoms with Crippen molar-refractivity contribution in [3.8, 4) is 16.9 Å². The van der Waals surface area contributed by atoms with E-state index in [-0.39, 0.29) is 16.9 Å². The van der Waals surface area contributed by atoms with E-state index in [0.717, 1.165) is 11.6 Å². The maximum atomic E-state index is 12.5. The van der Waals surface area contributed by atoms with Crippen LogP contribution in [0.25, 0.3) is 11.1 Å². The first-order chi connectivity index (χ1) is 10.3. The van der Waals surface area contributed by atoms with Crippen molar-refractivity contribution in [2.75, 3.05) is 0 Å². The second-order valence-corrected chi connectivity index (χ2v) is 5.20. The van der Waals surface area contributed by atoms with Gasteiger partial charge < -0.3 is 4.74 Å². The summed E-state index contributed by atoms with van der Waals surface area (Å²) in [6, 6.07) is 11.0. The first-order valence-electron chi connectivity index (χ1n) is 6.75. The average Bonchev–Trinajstić information content (AvgIpc) is 2.46. The molecular weight excluding hydrogens is 293 g/mol. The van der Waals surface area contributed by atoms with E-state index in [0.29, 0.717) is 17.8 Å². The van der Waals surface area contributed by atoms with Gasteiger partial charge in [-0.25, -0.2) is 0 Å². The Labute approximate surface area is 126 Å². The highest BCUT2D eigenvalue weighted by Gasteiger charge is 2.32. The fourth-order valence-corrected chi connectivity index (χ4v) is 2.11. The maximum absolute atomic E-state index is 12.5. The van der Waals surface area contributed by atoms with Gasteiger partial charge in [-0.2, -0.15) is 0 Å². The minimum Gasteiger partial charge on any atom is -0.405 e. The van der Waals surface area contributed by atoms with Gasteiger partial charge in [-0.05, 0) is 35.2 Å². The fraction of sp³-hybridized carbons (Fsp3) is 0.235. The maximum Gasteiger partial charge on any atom is 0.573 e. The summed E-state index contributed by atoms with van der Waals surface area (Å²) in [5.41, 5.74) is 2.16. The zero-order valence-electron chi connectivity index (χ0n) is 12.1. The Bertz CT molecular complexity index is 659. The standard InChI is InChI=1S/C17H15F3O2/c1-11(2)13-4-6-14(7-5-13)15-9-12(10-21)3-8-16(15)22-17(18,19)20/h3-11H,1-2H3. The molecule has 0 atom stereocenters. The van der Waals surface area contributed by atoms with Crippen molar-refractivity contribution in [3.05, 3.63) is 53.6 Å². The van der Waals surface area contributed by atoms with Gasteiger partial charge in [0.05, 0.1) is 0 Å². The molecule has 2 aromatic carbocycles. The molecule has 2 nitrogen and oxygen atoms in total. The summed E-state index contributed by atoms with van der Waals surface area (Å²) in [6.07, 6.45) is -4.20. The molecule has 0 bridgehead atoms. The van der Waals surface area contributed by atoms with Gasteiger partial charge in [0.15, 0.2) is 0 Å². The normalized spacial score (nSPS) is 11.5. The predicted molar refractivity (Wildman–Crippen MR) is 78.0 cm³/mol. The second-order valence-electron chi connectivity index (χ2n) is 5.20. The van der Waals surface area contributed by atoms with Crippen LogP contribution in [0.2, 0.25) is 0 Å². The summed E-state index contributed by atoms with van der Waals surface area (Å²) in [7, 11) is 0. The summed E-state index contributed by atoms with van der Waals surface area (Å²) >= 11 is 0. The zero-order valence-corrected chi connectivity index (χ0v) is 12.1. The number of halogens is 3. The van der Waals surface area contributed by atoms with Gasteiger partial charge in [0.25, 0.3) is 0 Å². The Morgan fingerprint density at radius 1 is 1.05 bits per heavy atom. The molecule has 0 aliphatic heterocycles. The summed E-state index contributed by atoms with van der Waals surface area (Å²) in [5.74, 6) is -0.00310. The first-order valence-corrected chi connectivity index (χ1v) is 6.75. The average molecular weight is 308 g/mol. The molecule has 116 valence electrons. The van der Waals surface area contributed by atoms with Gasteiger partial charge in [-0.1, -0.05) is 38.1 Å². The molecule has 2 rings (SSSR count). The van der Waals surface area contributed by atoms with Crippen molar-refractivity contribution in [1.29, 1.82) is 0 Å². The number of carbonyl (C=O) groups excluding carboxylic acids is 1. The van der Waals surface area contributed by atoms with Crippen LogP contribution in [0.1, 0.15) is 35.7 Å². The van der Waals surface area contributed by atoms with E-state index < -0.39 is 6.36 Å². The third-order valence-electron chi connectivity index (χ3n) is 3.25. The van der Waals surface area contributed by atoms with Crippen LogP contribution in [0.5, 0.6) is 5.75 Å². The predicted octanol–water partition coefficient (Wildman–Crippen LogP) is 5.19. The number of alkyl halides is 3. The van der Waals surface area contributed by atoms with Crippen molar-refractivity contribution in [2.45, 2.75) is 26.1 Å². The van der Waals surface area contributed by atoms with Crippen molar-refractivity contribution in [1.82, 2.24) is 0 Å². The van der Waals surface area contributed by atoms with E-state index in [9.17, 15) is 18.0 Å². The van der Waals surface area contributed by atoms with E-state index in [1.807, 2.05) is 26.0 Å². The van der Waals surface area contributed by atoms with Crippen LogP contribution >= 0.6 is 0 Å². The first kappa shape index (κ1) is 16.1. The molecule has 0 heterocycles. The minimum absolute atomic E-state index is 0.234. The number of hydrogen-bond acceptors (Lipinski definition) is 2. The summed E-state index contributed by atoms with van der Waals surface area (Å²) in [6.45, 7) is 4.06. The van der Waals surface area contributed by atoms with Crippen molar-refractivity contribution >= 4 is 6.29 Å². The second kappa shape index (κ2) is 6.22. The third-order valence-corrected chi connectivity index (χ3v) is 3.25. The van der Waals surface area contributed by atoms with E-state index in [4.69, 9.17) is 0 Å². The molecule has 22 heavy (non-hydrogen) atoms. The highest BCUT2D eigenvalue weighted by atomic mass is 19.4. The third kappa shape index (κ3) is 3.87. The Morgan fingerprint density at radius 3 is 2.18 bits per heavy atom. The molecule has 0 aliphatic carbocycles. The molecule has 5 heteroatoms. The lowest BCUT2D eigenvalue weighted by Crippen LogP contribution is -2.17. The van der Waals surface area contributed by atoms with E-state index in [2.05, 4.69) is 4.74 Å². The summed E-state index contributed by atoms with van der Waals surface area (Å²) < 4.78 is 41.5. The smallest absolute Gasteiger partial charge is 0.405 e. The molecule has 0 fully saturated rings. The number of benzene rings is 2. The van der Waals surface area contributed by atoms with E-state index in [1.54, 1.807) is 12.1 Å². The van der Waals surface area contributed by atoms with Gasteiger partial charge in [-0.3, -0.25) is 4.79 Å². The van der Waals surface area contributed by atoms with Crippen molar-refractivity contribution in [3.63, 3.8) is 0 Å². The zero-order chi connectivity index (χ0) is 16.3. The molecule has 0 saturated heterocycles. The van der Waals surface area contributed by atoms with Crippen LogP contribution in [0, 0.1) is 0 Å². The largest absolute Gasteiger partial charge is 0.573 e. The molecule has 0 spiro atoms. The Hall–Kier alpha value is -2.30. The Kier molecular flexibility index (Phi) is 4.54. The molecule has 0 saturated carbocycles. The highest BCUT2D eigenvalue weighted by molar-refractivity contribution is 5.81. The lowest BCUT2D eigenvalue weighted by Gasteiger charge is -2.14. The highest BCUT2D eigenvalue weighted by Crippen LogP contribution is 2.35. The van der Waals surface area contributed by atoms with E-state index >= 15 is 0 Å². The van der Waals surface area contributed by atoms with Crippen molar-refractivity contribution in [2.24, 2.45) is 0 Å². The topological polar surface area (TPSA) is 26.3 Å². The quantitative estimate of drug-likeness (QED) is 0.727. The number of aldehydes is 1. The summed E-state index contributed by atoms with van der Waals surface area (Å²) in [4.78, 5) is 10.9. The van der Waals surface area contributed by atoms with Crippen LogP contribution in [-0.2, 0) is 0 Å². The van der Waals surface area contributed by atoms with Gasteiger partial charge in [0.2, 0.25) is 0 Å². The van der Waals surface area contributed by atoms with Gasteiger partial charge in [0.1, 0.15) is 12.0 Å². The van der Waals surface area contributed by atoms with E-state index in [1.165, 1.54) is 12.1 Å². The molecule has 2 aromatic rings. The number of ether oxygens (including phenoxy) is 1. The SMILES string of the molecule is CC(C)c1ccc(-c2cc(C=O)ccc2OC(F)(F)F)cc1. The lowest BCUT2D eigenvalue weighted by atomic mass is 9.97. The Balaban J connectivity index is 2.48. The molecule has 0 aliphatic rings. The molecule has 0 unspecified atom stereocenters. The molecule has 0 N–H and O–H groups in total. The minimum atomic E-state index is -4.78. The van der Waals surface area contributed by atoms with Crippen LogP contribution < -0.4 is 4.74 Å².